The van der Waals surface area contributed by atoms with Gasteiger partial charge in [0.2, 0.25) is 0 Å². The summed E-state index contributed by atoms with van der Waals surface area (Å²) in [6, 6.07) is -0.857. The minimum absolute atomic E-state index is 0.333. The quantitative estimate of drug-likeness (QED) is 0.771. The van der Waals surface area contributed by atoms with E-state index in [2.05, 4.69) is 0 Å². The second kappa shape index (κ2) is 5.00. The molecular weight excluding hydrogens is 242 g/mol. The molecule has 0 radical (unpaired) electrons. The highest BCUT2D eigenvalue weighted by Crippen LogP contribution is 2.39. The van der Waals surface area contributed by atoms with Crippen LogP contribution in [0.1, 0.15) is 27.7 Å². The smallest absolute Gasteiger partial charge is 0.416 e. The standard InChI is InChI=1S/C11H17NO4S/c1-5-7(2)16-10(15)12-6-17-11(3,4)8(12)9(13)14/h5,8H,6H2,1-4H3,(H,13,14)/b7-5+. The van der Waals surface area contributed by atoms with Crippen LogP contribution in [0.3, 0.4) is 0 Å². The van der Waals surface area contributed by atoms with E-state index in [1.54, 1.807) is 19.9 Å². The van der Waals surface area contributed by atoms with Crippen molar-refractivity contribution in [3.05, 3.63) is 11.8 Å². The minimum Gasteiger partial charge on any atom is -0.480 e. The van der Waals surface area contributed by atoms with E-state index in [9.17, 15) is 14.7 Å². The molecule has 1 saturated heterocycles. The predicted octanol–water partition coefficient (Wildman–Crippen LogP) is 2.28. The molecule has 1 aliphatic rings. The Morgan fingerprint density at radius 2 is 2.12 bits per heavy atom. The van der Waals surface area contributed by atoms with Crippen LogP contribution < -0.4 is 0 Å². The van der Waals surface area contributed by atoms with Crippen LogP contribution >= 0.6 is 11.8 Å². The van der Waals surface area contributed by atoms with Gasteiger partial charge >= 0.3 is 12.1 Å². The van der Waals surface area contributed by atoms with E-state index < -0.39 is 22.9 Å². The molecule has 0 saturated carbocycles. The summed E-state index contributed by atoms with van der Waals surface area (Å²) in [4.78, 5) is 24.3. The number of carbonyl (C=O) groups is 2. The number of hydrogen-bond donors (Lipinski definition) is 1. The fourth-order valence-corrected chi connectivity index (χ4v) is 2.72. The van der Waals surface area contributed by atoms with Crippen molar-refractivity contribution in [3.8, 4) is 0 Å². The van der Waals surface area contributed by atoms with Crippen molar-refractivity contribution in [1.82, 2.24) is 4.90 Å². The highest BCUT2D eigenvalue weighted by atomic mass is 32.2. The van der Waals surface area contributed by atoms with Gasteiger partial charge in [-0.05, 0) is 33.8 Å². The minimum atomic E-state index is -1.00. The van der Waals surface area contributed by atoms with E-state index in [-0.39, 0.29) is 0 Å². The largest absolute Gasteiger partial charge is 0.480 e. The molecule has 1 unspecified atom stereocenters. The van der Waals surface area contributed by atoms with Crippen LogP contribution in [-0.4, -0.2) is 38.7 Å². The summed E-state index contributed by atoms with van der Waals surface area (Å²) >= 11 is 1.43. The zero-order valence-electron chi connectivity index (χ0n) is 10.4. The van der Waals surface area contributed by atoms with E-state index in [1.807, 2.05) is 13.8 Å². The maximum Gasteiger partial charge on any atom is 0.416 e. The number of carbonyl (C=O) groups excluding carboxylic acids is 1. The van der Waals surface area contributed by atoms with Gasteiger partial charge in [0.05, 0.1) is 5.88 Å². The molecule has 1 aliphatic heterocycles. The molecule has 1 N–H and O–H groups in total. The first-order chi connectivity index (χ1) is 7.79. The van der Waals surface area contributed by atoms with E-state index in [0.717, 1.165) is 0 Å². The summed E-state index contributed by atoms with van der Waals surface area (Å²) in [5, 5.41) is 9.18. The van der Waals surface area contributed by atoms with Crippen molar-refractivity contribution in [2.45, 2.75) is 38.5 Å². The number of thioether (sulfide) groups is 1. The van der Waals surface area contributed by atoms with Crippen LogP contribution in [0.5, 0.6) is 0 Å². The number of amides is 1. The number of rotatable bonds is 2. The van der Waals surface area contributed by atoms with Crippen molar-refractivity contribution in [3.63, 3.8) is 0 Å². The van der Waals surface area contributed by atoms with Gasteiger partial charge in [0.15, 0.2) is 0 Å². The molecule has 17 heavy (non-hydrogen) atoms. The highest BCUT2D eigenvalue weighted by molar-refractivity contribution is 8.00. The van der Waals surface area contributed by atoms with Crippen LogP contribution in [-0.2, 0) is 9.53 Å². The first-order valence-corrected chi connectivity index (χ1v) is 6.26. The van der Waals surface area contributed by atoms with Crippen molar-refractivity contribution in [2.24, 2.45) is 0 Å². The molecule has 1 rings (SSSR count). The van der Waals surface area contributed by atoms with E-state index >= 15 is 0 Å². The van der Waals surface area contributed by atoms with Crippen molar-refractivity contribution in [2.75, 3.05) is 5.88 Å². The van der Waals surface area contributed by atoms with E-state index in [1.165, 1.54) is 16.7 Å². The lowest BCUT2D eigenvalue weighted by Gasteiger charge is -2.26. The third-order valence-corrected chi connectivity index (χ3v) is 4.04. The zero-order valence-corrected chi connectivity index (χ0v) is 11.2. The molecule has 96 valence electrons. The number of aliphatic carboxylic acids is 1. The van der Waals surface area contributed by atoms with Gasteiger partial charge in [0.25, 0.3) is 0 Å². The van der Waals surface area contributed by atoms with Crippen LogP contribution in [0, 0.1) is 0 Å². The Balaban J connectivity index is 2.84. The number of ether oxygens (including phenoxy) is 1. The van der Waals surface area contributed by atoms with Crippen LogP contribution in [0.4, 0.5) is 4.79 Å². The summed E-state index contributed by atoms with van der Waals surface area (Å²) in [7, 11) is 0. The summed E-state index contributed by atoms with van der Waals surface area (Å²) in [5.41, 5.74) is 0. The Bertz CT molecular complexity index is 364. The van der Waals surface area contributed by atoms with E-state index in [4.69, 9.17) is 4.74 Å². The SMILES string of the molecule is C/C=C(\C)OC(=O)N1CSC(C)(C)C1C(=O)O. The molecule has 1 heterocycles. The summed E-state index contributed by atoms with van der Waals surface area (Å²) in [6.07, 6.45) is 1.05. The van der Waals surface area contributed by atoms with Crippen molar-refractivity contribution >= 4 is 23.8 Å². The number of carboxylic acid groups (broad SMARTS) is 1. The third-order valence-electron chi connectivity index (χ3n) is 2.67. The Hall–Kier alpha value is -1.17. The fourth-order valence-electron chi connectivity index (χ4n) is 1.61. The number of hydrogen-bond acceptors (Lipinski definition) is 4. The molecule has 6 heteroatoms. The maximum atomic E-state index is 11.8. The van der Waals surface area contributed by atoms with Gasteiger partial charge in [-0.2, -0.15) is 0 Å². The van der Waals surface area contributed by atoms with Gasteiger partial charge in [-0.1, -0.05) is 0 Å². The molecule has 5 nitrogen and oxygen atoms in total. The highest BCUT2D eigenvalue weighted by Gasteiger charge is 2.48. The van der Waals surface area contributed by atoms with Gasteiger partial charge in [0.1, 0.15) is 11.8 Å². The normalized spacial score (nSPS) is 23.6. The zero-order chi connectivity index (χ0) is 13.2. The summed E-state index contributed by atoms with van der Waals surface area (Å²) < 4.78 is 4.52. The average molecular weight is 259 g/mol. The Morgan fingerprint density at radius 3 is 2.59 bits per heavy atom. The van der Waals surface area contributed by atoms with Gasteiger partial charge in [-0.3, -0.25) is 4.90 Å². The number of allylic oxidation sites excluding steroid dienone is 2. The van der Waals surface area contributed by atoms with Crippen LogP contribution in [0.2, 0.25) is 0 Å². The maximum absolute atomic E-state index is 11.8. The second-order valence-electron chi connectivity index (χ2n) is 4.35. The van der Waals surface area contributed by atoms with Crippen molar-refractivity contribution in [1.29, 1.82) is 0 Å². The molecule has 1 atom stereocenters. The summed E-state index contributed by atoms with van der Waals surface area (Å²) in [5.74, 6) is -0.205. The van der Waals surface area contributed by atoms with Crippen LogP contribution in [0.25, 0.3) is 0 Å². The molecule has 1 amide bonds. The first kappa shape index (κ1) is 13.9. The van der Waals surface area contributed by atoms with Crippen LogP contribution in [0.15, 0.2) is 11.8 Å². The number of carboxylic acids is 1. The summed E-state index contributed by atoms with van der Waals surface area (Å²) in [6.45, 7) is 7.03. The predicted molar refractivity (Wildman–Crippen MR) is 65.7 cm³/mol. The molecule has 0 aliphatic carbocycles. The molecule has 1 fully saturated rings. The molecule has 0 spiro atoms. The Morgan fingerprint density at radius 1 is 1.53 bits per heavy atom. The molecule has 0 aromatic carbocycles. The monoisotopic (exact) mass is 259 g/mol. The van der Waals surface area contributed by atoms with Gasteiger partial charge in [-0.25, -0.2) is 9.59 Å². The van der Waals surface area contributed by atoms with Gasteiger partial charge in [0, 0.05) is 4.75 Å². The lowest BCUT2D eigenvalue weighted by molar-refractivity contribution is -0.142. The first-order valence-electron chi connectivity index (χ1n) is 5.27. The molecule has 0 bridgehead atoms. The molecule has 0 aromatic heterocycles. The molecule has 0 aromatic rings. The van der Waals surface area contributed by atoms with Gasteiger partial charge in [-0.15, -0.1) is 11.8 Å². The third kappa shape index (κ3) is 2.94. The lowest BCUT2D eigenvalue weighted by atomic mass is 10.0. The molecular formula is C11H17NO4S. The second-order valence-corrected chi connectivity index (χ2v) is 5.95. The van der Waals surface area contributed by atoms with E-state index in [0.29, 0.717) is 11.6 Å². The average Bonchev–Trinajstić information content (AvgIpc) is 2.53. The van der Waals surface area contributed by atoms with Crippen molar-refractivity contribution < 1.29 is 19.4 Å². The Labute approximate surface area is 105 Å². The van der Waals surface area contributed by atoms with Gasteiger partial charge < -0.3 is 9.84 Å². The number of nitrogens with zero attached hydrogens (tertiary/aromatic N) is 1. The lowest BCUT2D eigenvalue weighted by Crippen LogP contribution is -2.48. The fraction of sp³-hybridized carbons (Fsp3) is 0.636. The topological polar surface area (TPSA) is 66.8 Å². The Kier molecular flexibility index (Phi) is 4.08.